The van der Waals surface area contributed by atoms with Crippen LogP contribution >= 0.6 is 0 Å². The van der Waals surface area contributed by atoms with Crippen LogP contribution in [0.4, 0.5) is 0 Å². The van der Waals surface area contributed by atoms with Crippen LogP contribution in [0, 0.1) is 0 Å². The smallest absolute Gasteiger partial charge is 0.0687 e. The number of pyridine rings is 1. The maximum absolute atomic E-state index is 4.71. The SMILES string of the molecule is CC(C)c1cc2[nH]ncc2c(C(C)C)n1. The molecule has 0 aromatic carbocycles. The number of aromatic amines is 1. The molecule has 0 bridgehead atoms. The second kappa shape index (κ2) is 3.65. The summed E-state index contributed by atoms with van der Waals surface area (Å²) in [6, 6.07) is 2.10. The lowest BCUT2D eigenvalue weighted by atomic mass is 10.0. The number of nitrogens with zero attached hydrogens (tertiary/aromatic N) is 2. The molecule has 3 nitrogen and oxygen atoms in total. The number of H-pyrrole nitrogens is 1. The molecule has 2 rings (SSSR count). The summed E-state index contributed by atoms with van der Waals surface area (Å²) in [5.74, 6) is 0.888. The molecular weight excluding hydrogens is 186 g/mol. The van der Waals surface area contributed by atoms with E-state index in [1.165, 1.54) is 0 Å². The van der Waals surface area contributed by atoms with Crippen molar-refractivity contribution in [2.45, 2.75) is 39.5 Å². The standard InChI is InChI=1S/C12H17N3/c1-7(2)10-5-11-9(6-13-15-11)12(14-10)8(3)4/h5-8H,1-4H3,(H,13,15). The summed E-state index contributed by atoms with van der Waals surface area (Å²) >= 11 is 0. The highest BCUT2D eigenvalue weighted by atomic mass is 15.1. The van der Waals surface area contributed by atoms with Crippen molar-refractivity contribution in [1.82, 2.24) is 15.2 Å². The second-order valence-corrected chi connectivity index (χ2v) is 4.57. The summed E-state index contributed by atoms with van der Waals surface area (Å²) in [7, 11) is 0. The predicted octanol–water partition coefficient (Wildman–Crippen LogP) is 3.20. The molecule has 0 aliphatic rings. The van der Waals surface area contributed by atoms with Gasteiger partial charge in [-0.1, -0.05) is 27.7 Å². The quantitative estimate of drug-likeness (QED) is 0.814. The lowest BCUT2D eigenvalue weighted by Gasteiger charge is -2.10. The Bertz CT molecular complexity index is 469. The Hall–Kier alpha value is -1.38. The molecule has 0 saturated carbocycles. The van der Waals surface area contributed by atoms with Gasteiger partial charge in [-0.15, -0.1) is 0 Å². The van der Waals surface area contributed by atoms with E-state index in [1.807, 2.05) is 6.20 Å². The first-order chi connectivity index (χ1) is 7.09. The average molecular weight is 203 g/mol. The third-order valence-corrected chi connectivity index (χ3v) is 2.62. The van der Waals surface area contributed by atoms with Crippen molar-refractivity contribution in [3.8, 4) is 0 Å². The summed E-state index contributed by atoms with van der Waals surface area (Å²) in [6.07, 6.45) is 1.86. The van der Waals surface area contributed by atoms with E-state index in [4.69, 9.17) is 4.98 Å². The van der Waals surface area contributed by atoms with Gasteiger partial charge in [0, 0.05) is 11.1 Å². The number of nitrogens with one attached hydrogen (secondary N) is 1. The first kappa shape index (κ1) is 10.1. The molecule has 2 heterocycles. The van der Waals surface area contributed by atoms with Crippen molar-refractivity contribution in [1.29, 1.82) is 0 Å². The highest BCUT2D eigenvalue weighted by Gasteiger charge is 2.12. The average Bonchev–Trinajstić information content (AvgIpc) is 2.62. The van der Waals surface area contributed by atoms with E-state index in [0.29, 0.717) is 11.8 Å². The van der Waals surface area contributed by atoms with Crippen molar-refractivity contribution in [2.75, 3.05) is 0 Å². The molecule has 0 fully saturated rings. The highest BCUT2D eigenvalue weighted by molar-refractivity contribution is 5.81. The van der Waals surface area contributed by atoms with Crippen LogP contribution in [0.3, 0.4) is 0 Å². The van der Waals surface area contributed by atoms with Crippen molar-refractivity contribution >= 4 is 10.9 Å². The van der Waals surface area contributed by atoms with Gasteiger partial charge in [-0.3, -0.25) is 10.1 Å². The zero-order valence-electron chi connectivity index (χ0n) is 9.70. The van der Waals surface area contributed by atoms with E-state index in [9.17, 15) is 0 Å². The van der Waals surface area contributed by atoms with Gasteiger partial charge < -0.3 is 0 Å². The molecule has 2 aromatic heterocycles. The van der Waals surface area contributed by atoms with Crippen molar-refractivity contribution in [2.24, 2.45) is 0 Å². The Morgan fingerprint density at radius 2 is 1.87 bits per heavy atom. The Kier molecular flexibility index (Phi) is 2.47. The monoisotopic (exact) mass is 203 g/mol. The minimum Gasteiger partial charge on any atom is -0.278 e. The minimum atomic E-state index is 0.434. The summed E-state index contributed by atoms with van der Waals surface area (Å²) < 4.78 is 0. The maximum Gasteiger partial charge on any atom is 0.0687 e. The molecular formula is C12H17N3. The van der Waals surface area contributed by atoms with E-state index < -0.39 is 0 Å². The van der Waals surface area contributed by atoms with Crippen LogP contribution in [-0.4, -0.2) is 15.2 Å². The maximum atomic E-state index is 4.71. The van der Waals surface area contributed by atoms with E-state index in [0.717, 1.165) is 22.3 Å². The van der Waals surface area contributed by atoms with Crippen molar-refractivity contribution in [3.05, 3.63) is 23.7 Å². The Morgan fingerprint density at radius 1 is 1.13 bits per heavy atom. The molecule has 0 aliphatic heterocycles. The fourth-order valence-corrected chi connectivity index (χ4v) is 1.73. The number of rotatable bonds is 2. The molecule has 80 valence electrons. The molecule has 3 heteroatoms. The zero-order valence-corrected chi connectivity index (χ0v) is 9.70. The van der Waals surface area contributed by atoms with Gasteiger partial charge in [0.2, 0.25) is 0 Å². The van der Waals surface area contributed by atoms with E-state index >= 15 is 0 Å². The molecule has 0 unspecified atom stereocenters. The Morgan fingerprint density at radius 3 is 2.47 bits per heavy atom. The van der Waals surface area contributed by atoms with Crippen LogP contribution in [0.25, 0.3) is 10.9 Å². The molecule has 2 aromatic rings. The number of fused-ring (bicyclic) bond motifs is 1. The van der Waals surface area contributed by atoms with Gasteiger partial charge in [0.25, 0.3) is 0 Å². The Balaban J connectivity index is 2.69. The van der Waals surface area contributed by atoms with E-state index in [1.54, 1.807) is 0 Å². The fraction of sp³-hybridized carbons (Fsp3) is 0.500. The normalized spacial score (nSPS) is 11.9. The third kappa shape index (κ3) is 1.74. The van der Waals surface area contributed by atoms with E-state index in [2.05, 4.69) is 44.0 Å². The lowest BCUT2D eigenvalue weighted by Crippen LogP contribution is -2.00. The molecule has 15 heavy (non-hydrogen) atoms. The number of hydrogen-bond acceptors (Lipinski definition) is 2. The number of hydrogen-bond donors (Lipinski definition) is 1. The second-order valence-electron chi connectivity index (χ2n) is 4.57. The van der Waals surface area contributed by atoms with Crippen LogP contribution in [0.2, 0.25) is 0 Å². The topological polar surface area (TPSA) is 41.6 Å². The largest absolute Gasteiger partial charge is 0.278 e. The molecule has 0 saturated heterocycles. The van der Waals surface area contributed by atoms with Crippen LogP contribution in [0.5, 0.6) is 0 Å². The molecule has 0 radical (unpaired) electrons. The molecule has 0 aliphatic carbocycles. The first-order valence-corrected chi connectivity index (χ1v) is 5.43. The van der Waals surface area contributed by atoms with Gasteiger partial charge in [0.1, 0.15) is 0 Å². The minimum absolute atomic E-state index is 0.434. The van der Waals surface area contributed by atoms with Gasteiger partial charge >= 0.3 is 0 Å². The lowest BCUT2D eigenvalue weighted by molar-refractivity contribution is 0.774. The van der Waals surface area contributed by atoms with Gasteiger partial charge in [-0.2, -0.15) is 5.10 Å². The fourth-order valence-electron chi connectivity index (χ4n) is 1.73. The van der Waals surface area contributed by atoms with Gasteiger partial charge in [0.05, 0.1) is 17.4 Å². The zero-order chi connectivity index (χ0) is 11.0. The van der Waals surface area contributed by atoms with Crippen LogP contribution in [0.15, 0.2) is 12.3 Å². The van der Waals surface area contributed by atoms with Crippen LogP contribution in [-0.2, 0) is 0 Å². The highest BCUT2D eigenvalue weighted by Crippen LogP contribution is 2.25. The molecule has 0 amide bonds. The van der Waals surface area contributed by atoms with Gasteiger partial charge in [-0.05, 0) is 17.9 Å². The number of aromatic nitrogens is 3. The predicted molar refractivity (Wildman–Crippen MR) is 62.1 cm³/mol. The van der Waals surface area contributed by atoms with E-state index in [-0.39, 0.29) is 0 Å². The molecule has 0 spiro atoms. The summed E-state index contributed by atoms with van der Waals surface area (Å²) in [4.78, 5) is 4.71. The Labute approximate surface area is 89.9 Å². The summed E-state index contributed by atoms with van der Waals surface area (Å²) in [5, 5.41) is 8.25. The summed E-state index contributed by atoms with van der Waals surface area (Å²) in [5.41, 5.74) is 3.37. The van der Waals surface area contributed by atoms with Crippen LogP contribution < -0.4 is 0 Å². The summed E-state index contributed by atoms with van der Waals surface area (Å²) in [6.45, 7) is 8.65. The van der Waals surface area contributed by atoms with Gasteiger partial charge in [0.15, 0.2) is 0 Å². The molecule has 1 N–H and O–H groups in total. The third-order valence-electron chi connectivity index (χ3n) is 2.62. The first-order valence-electron chi connectivity index (χ1n) is 5.43. The van der Waals surface area contributed by atoms with Crippen molar-refractivity contribution in [3.63, 3.8) is 0 Å². The van der Waals surface area contributed by atoms with Crippen molar-refractivity contribution < 1.29 is 0 Å². The van der Waals surface area contributed by atoms with Gasteiger partial charge in [-0.25, -0.2) is 0 Å². The van der Waals surface area contributed by atoms with Crippen LogP contribution in [0.1, 0.15) is 50.9 Å². The molecule has 0 atom stereocenters.